The first-order chi connectivity index (χ1) is 13.9. The summed E-state index contributed by atoms with van der Waals surface area (Å²) in [6, 6.07) is 15.7. The van der Waals surface area contributed by atoms with Crippen LogP contribution in [0.25, 0.3) is 10.8 Å². The zero-order chi connectivity index (χ0) is 20.6. The van der Waals surface area contributed by atoms with Crippen LogP contribution in [0.3, 0.4) is 0 Å². The Morgan fingerprint density at radius 2 is 1.76 bits per heavy atom. The zero-order valence-corrected chi connectivity index (χ0v) is 17.1. The molecule has 1 amide bonds. The van der Waals surface area contributed by atoms with Gasteiger partial charge in [0, 0.05) is 24.3 Å². The Balaban J connectivity index is 1.60. The molecule has 0 spiro atoms. The second-order valence-corrected chi connectivity index (χ2v) is 8.81. The Bertz CT molecular complexity index is 1200. The summed E-state index contributed by atoms with van der Waals surface area (Å²) in [5.41, 5.74) is 2.15. The van der Waals surface area contributed by atoms with Gasteiger partial charge in [-0.2, -0.15) is 0 Å². The molecule has 0 bridgehead atoms. The number of amides is 1. The number of aryl methyl sites for hydroxylation is 1. The summed E-state index contributed by atoms with van der Waals surface area (Å²) in [5, 5.41) is 1.71. The summed E-state index contributed by atoms with van der Waals surface area (Å²) in [5.74, 6) is 0.826. The third-order valence-corrected chi connectivity index (χ3v) is 6.52. The third-order valence-electron chi connectivity index (χ3n) is 5.14. The van der Waals surface area contributed by atoms with Crippen LogP contribution in [0.15, 0.2) is 59.5 Å². The molecule has 0 saturated carbocycles. The van der Waals surface area contributed by atoms with E-state index in [1.807, 2.05) is 19.1 Å². The molecule has 1 aliphatic rings. The number of carbonyl (C=O) groups is 1. The summed E-state index contributed by atoms with van der Waals surface area (Å²) in [6.07, 6.45) is 1.40. The first kappa shape index (κ1) is 19.3. The minimum Gasteiger partial charge on any atom is -0.497 e. The van der Waals surface area contributed by atoms with Crippen LogP contribution < -0.4 is 14.4 Å². The number of nitrogens with zero attached hydrogens (tertiary/aromatic N) is 1. The molecule has 3 aromatic carbocycles. The predicted octanol–water partition coefficient (Wildman–Crippen LogP) is 4.08. The summed E-state index contributed by atoms with van der Waals surface area (Å²) in [4.78, 5) is 13.9. The highest BCUT2D eigenvalue weighted by Gasteiger charge is 2.23. The van der Waals surface area contributed by atoms with Gasteiger partial charge in [-0.3, -0.25) is 9.52 Å². The van der Waals surface area contributed by atoms with Crippen molar-refractivity contribution in [3.8, 4) is 5.75 Å². The zero-order valence-electron chi connectivity index (χ0n) is 16.3. The Morgan fingerprint density at radius 1 is 1.00 bits per heavy atom. The van der Waals surface area contributed by atoms with Crippen molar-refractivity contribution < 1.29 is 17.9 Å². The molecule has 29 heavy (non-hydrogen) atoms. The number of nitrogens with one attached hydrogen (secondary N) is 1. The summed E-state index contributed by atoms with van der Waals surface area (Å²) in [7, 11) is -2.15. The molecule has 0 aromatic heterocycles. The summed E-state index contributed by atoms with van der Waals surface area (Å²) < 4.78 is 33.6. The van der Waals surface area contributed by atoms with Crippen LogP contribution >= 0.6 is 0 Å². The van der Waals surface area contributed by atoms with Gasteiger partial charge in [-0.15, -0.1) is 0 Å². The minimum atomic E-state index is -3.74. The average molecular weight is 410 g/mol. The van der Waals surface area contributed by atoms with E-state index in [0.29, 0.717) is 18.7 Å². The van der Waals surface area contributed by atoms with Gasteiger partial charge in [0.25, 0.3) is 10.0 Å². The van der Waals surface area contributed by atoms with Gasteiger partial charge in [0.05, 0.1) is 12.0 Å². The van der Waals surface area contributed by atoms with E-state index in [9.17, 15) is 13.2 Å². The molecule has 1 heterocycles. The molecule has 3 aromatic rings. The fraction of sp³-hybridized carbons (Fsp3) is 0.227. The molecule has 1 fully saturated rings. The second kappa shape index (κ2) is 7.40. The fourth-order valence-electron chi connectivity index (χ4n) is 3.63. The topological polar surface area (TPSA) is 75.7 Å². The summed E-state index contributed by atoms with van der Waals surface area (Å²) in [6.45, 7) is 2.58. The second-order valence-electron chi connectivity index (χ2n) is 7.13. The van der Waals surface area contributed by atoms with Crippen LogP contribution in [0, 0.1) is 6.92 Å². The lowest BCUT2D eigenvalue weighted by Crippen LogP contribution is -2.24. The standard InChI is InChI=1S/C22H22N2O4S/c1-15-12-18(7-10-21(15)24-11-3-4-22(24)25)23-29(26,27)20-9-6-16-13-19(28-2)8-5-17(16)14-20/h5-10,12-14,23H,3-4,11H2,1-2H3. The molecule has 0 aliphatic carbocycles. The van der Waals surface area contributed by atoms with Crippen molar-refractivity contribution in [3.63, 3.8) is 0 Å². The SMILES string of the molecule is COc1ccc2cc(S(=O)(=O)Nc3ccc(N4CCCC4=O)c(C)c3)ccc2c1. The number of hydrogen-bond donors (Lipinski definition) is 1. The normalized spacial score (nSPS) is 14.4. The lowest BCUT2D eigenvalue weighted by atomic mass is 10.1. The van der Waals surface area contributed by atoms with Crippen LogP contribution in [0.1, 0.15) is 18.4 Å². The van der Waals surface area contributed by atoms with Crippen molar-refractivity contribution in [2.45, 2.75) is 24.7 Å². The van der Waals surface area contributed by atoms with Crippen LogP contribution in [0.2, 0.25) is 0 Å². The van der Waals surface area contributed by atoms with E-state index in [2.05, 4.69) is 4.72 Å². The molecule has 4 rings (SSSR count). The van der Waals surface area contributed by atoms with Gasteiger partial charge in [-0.1, -0.05) is 12.1 Å². The van der Waals surface area contributed by atoms with E-state index >= 15 is 0 Å². The van der Waals surface area contributed by atoms with Gasteiger partial charge in [0.15, 0.2) is 0 Å². The van der Waals surface area contributed by atoms with Crippen molar-refractivity contribution in [3.05, 3.63) is 60.2 Å². The van der Waals surface area contributed by atoms with Crippen molar-refractivity contribution in [2.24, 2.45) is 0 Å². The number of sulfonamides is 1. The van der Waals surface area contributed by atoms with Gasteiger partial charge in [0.1, 0.15) is 5.75 Å². The van der Waals surface area contributed by atoms with Gasteiger partial charge in [-0.25, -0.2) is 8.42 Å². The number of ether oxygens (including phenoxy) is 1. The van der Waals surface area contributed by atoms with Crippen LogP contribution in [-0.2, 0) is 14.8 Å². The van der Waals surface area contributed by atoms with E-state index in [0.717, 1.165) is 34.2 Å². The Kier molecular flexibility index (Phi) is 4.92. The highest BCUT2D eigenvalue weighted by atomic mass is 32.2. The maximum Gasteiger partial charge on any atom is 0.261 e. The minimum absolute atomic E-state index is 0.106. The predicted molar refractivity (Wildman–Crippen MR) is 114 cm³/mol. The molecular weight excluding hydrogens is 388 g/mol. The molecule has 6 nitrogen and oxygen atoms in total. The molecule has 0 atom stereocenters. The fourth-order valence-corrected chi connectivity index (χ4v) is 4.72. The van der Waals surface area contributed by atoms with Crippen LogP contribution in [0.4, 0.5) is 11.4 Å². The van der Waals surface area contributed by atoms with E-state index in [1.165, 1.54) is 0 Å². The lowest BCUT2D eigenvalue weighted by molar-refractivity contribution is -0.117. The van der Waals surface area contributed by atoms with Crippen LogP contribution in [0.5, 0.6) is 5.75 Å². The molecule has 7 heteroatoms. The molecule has 0 unspecified atom stereocenters. The number of rotatable bonds is 5. The van der Waals surface area contributed by atoms with Crippen molar-refractivity contribution >= 4 is 38.1 Å². The molecule has 1 N–H and O–H groups in total. The average Bonchev–Trinajstić information content (AvgIpc) is 3.12. The maximum absolute atomic E-state index is 12.9. The molecule has 1 aliphatic heterocycles. The Morgan fingerprint density at radius 3 is 2.45 bits per heavy atom. The van der Waals surface area contributed by atoms with Crippen molar-refractivity contribution in [1.29, 1.82) is 0 Å². The van der Waals surface area contributed by atoms with Crippen molar-refractivity contribution in [1.82, 2.24) is 0 Å². The molecule has 0 radical (unpaired) electrons. The van der Waals surface area contributed by atoms with E-state index in [4.69, 9.17) is 4.74 Å². The third kappa shape index (κ3) is 3.78. The Labute approximate surface area is 170 Å². The van der Waals surface area contributed by atoms with Gasteiger partial charge >= 0.3 is 0 Å². The molecule has 1 saturated heterocycles. The quantitative estimate of drug-likeness (QED) is 0.688. The monoisotopic (exact) mass is 410 g/mol. The first-order valence-electron chi connectivity index (χ1n) is 9.39. The Hall–Kier alpha value is -3.06. The molecular formula is C22H22N2O4S. The number of anilines is 2. The lowest BCUT2D eigenvalue weighted by Gasteiger charge is -2.19. The van der Waals surface area contributed by atoms with Gasteiger partial charge < -0.3 is 9.64 Å². The van der Waals surface area contributed by atoms with E-state index < -0.39 is 10.0 Å². The van der Waals surface area contributed by atoms with Gasteiger partial charge in [0.2, 0.25) is 5.91 Å². The highest BCUT2D eigenvalue weighted by molar-refractivity contribution is 7.92. The number of methoxy groups -OCH3 is 1. The first-order valence-corrected chi connectivity index (χ1v) is 10.9. The largest absolute Gasteiger partial charge is 0.497 e. The number of benzene rings is 3. The number of hydrogen-bond acceptors (Lipinski definition) is 4. The van der Waals surface area contributed by atoms with Crippen molar-refractivity contribution in [2.75, 3.05) is 23.3 Å². The highest BCUT2D eigenvalue weighted by Crippen LogP contribution is 2.29. The van der Waals surface area contributed by atoms with E-state index in [-0.39, 0.29) is 10.8 Å². The number of carbonyl (C=O) groups excluding carboxylic acids is 1. The van der Waals surface area contributed by atoms with Crippen LogP contribution in [-0.4, -0.2) is 28.0 Å². The molecule has 150 valence electrons. The number of fused-ring (bicyclic) bond motifs is 1. The summed E-state index contributed by atoms with van der Waals surface area (Å²) >= 11 is 0. The smallest absolute Gasteiger partial charge is 0.261 e. The van der Waals surface area contributed by atoms with Gasteiger partial charge in [-0.05, 0) is 72.1 Å². The maximum atomic E-state index is 12.9. The van der Waals surface area contributed by atoms with E-state index in [1.54, 1.807) is 54.5 Å².